The van der Waals surface area contributed by atoms with Gasteiger partial charge in [-0.3, -0.25) is 14.4 Å². The third-order valence-electron chi connectivity index (χ3n) is 9.06. The number of carbonyl (C=O) groups excluding carboxylic acids is 3. The molecule has 2 heterocycles. The molecule has 208 valence electrons. The molecule has 42 heavy (non-hydrogen) atoms. The zero-order chi connectivity index (χ0) is 29.2. The van der Waals surface area contributed by atoms with Gasteiger partial charge in [0.25, 0.3) is 0 Å². The van der Waals surface area contributed by atoms with Crippen LogP contribution >= 0.6 is 0 Å². The van der Waals surface area contributed by atoms with Gasteiger partial charge < -0.3 is 14.4 Å². The lowest BCUT2D eigenvalue weighted by atomic mass is 9.64. The number of fused-ring (bicyclic) bond motifs is 5. The first kappa shape index (κ1) is 26.0. The van der Waals surface area contributed by atoms with Crippen LogP contribution < -0.4 is 14.4 Å². The van der Waals surface area contributed by atoms with E-state index in [1.54, 1.807) is 68.8 Å². The van der Waals surface area contributed by atoms with Crippen LogP contribution in [0.5, 0.6) is 11.5 Å². The number of nitrogens with zero attached hydrogens (tertiary/aromatic N) is 1. The predicted molar refractivity (Wildman–Crippen MR) is 161 cm³/mol. The topological polar surface area (TPSA) is 72.9 Å². The summed E-state index contributed by atoms with van der Waals surface area (Å²) in [7, 11) is 3.12. The molecule has 1 fully saturated rings. The fourth-order valence-electron chi connectivity index (χ4n) is 7.27. The maximum atomic E-state index is 14.8. The fraction of sp³-hybridized carbons (Fsp3) is 0.194. The van der Waals surface area contributed by atoms with Crippen molar-refractivity contribution in [1.29, 1.82) is 0 Å². The van der Waals surface area contributed by atoms with Crippen molar-refractivity contribution in [1.82, 2.24) is 0 Å². The Morgan fingerprint density at radius 1 is 0.810 bits per heavy atom. The monoisotopic (exact) mass is 555 g/mol. The second-order valence-corrected chi connectivity index (χ2v) is 11.1. The van der Waals surface area contributed by atoms with E-state index in [1.807, 2.05) is 60.4 Å². The smallest absolute Gasteiger partial charge is 0.185 e. The summed E-state index contributed by atoms with van der Waals surface area (Å²) in [4.78, 5) is 46.5. The number of rotatable bonds is 5. The quantitative estimate of drug-likeness (QED) is 0.212. The predicted octanol–water partition coefficient (Wildman–Crippen LogP) is 6.33. The van der Waals surface area contributed by atoms with Crippen LogP contribution in [0.3, 0.4) is 0 Å². The Bertz CT molecular complexity index is 1770. The van der Waals surface area contributed by atoms with E-state index in [2.05, 4.69) is 0 Å². The molecule has 0 radical (unpaired) electrons. The van der Waals surface area contributed by atoms with E-state index in [-0.39, 0.29) is 17.3 Å². The Morgan fingerprint density at radius 3 is 2.17 bits per heavy atom. The number of benzene rings is 4. The number of hydrogen-bond acceptors (Lipinski definition) is 6. The Kier molecular flexibility index (Phi) is 5.91. The molecule has 3 aliphatic rings. The molecule has 0 aromatic heterocycles. The van der Waals surface area contributed by atoms with Gasteiger partial charge in [-0.25, -0.2) is 0 Å². The van der Waals surface area contributed by atoms with Gasteiger partial charge in [-0.15, -0.1) is 0 Å². The summed E-state index contributed by atoms with van der Waals surface area (Å²) in [6.45, 7) is 2.00. The summed E-state index contributed by atoms with van der Waals surface area (Å²) in [5.41, 5.74) is 2.98. The van der Waals surface area contributed by atoms with Crippen LogP contribution in [-0.4, -0.2) is 43.7 Å². The molecule has 6 nitrogen and oxygen atoms in total. The normalized spacial score (nSPS) is 21.2. The van der Waals surface area contributed by atoms with Crippen molar-refractivity contribution in [2.24, 2.45) is 5.41 Å². The van der Waals surface area contributed by atoms with Crippen molar-refractivity contribution in [2.45, 2.75) is 24.9 Å². The lowest BCUT2D eigenvalue weighted by Gasteiger charge is -2.37. The van der Waals surface area contributed by atoms with Crippen molar-refractivity contribution < 1.29 is 23.9 Å². The van der Waals surface area contributed by atoms with Crippen molar-refractivity contribution in [2.75, 3.05) is 19.1 Å². The zero-order valence-corrected chi connectivity index (χ0v) is 23.5. The molecule has 0 N–H and O–H groups in total. The number of anilines is 1. The molecule has 0 saturated carbocycles. The van der Waals surface area contributed by atoms with Gasteiger partial charge in [-0.05, 0) is 42.3 Å². The number of Topliss-reactive ketones (excluding diaryl/α,β-unsaturated/α-hetero) is 3. The Balaban J connectivity index is 1.59. The molecule has 2 aliphatic heterocycles. The van der Waals surface area contributed by atoms with E-state index in [9.17, 15) is 14.4 Å². The van der Waals surface area contributed by atoms with Gasteiger partial charge in [0.05, 0.1) is 20.3 Å². The van der Waals surface area contributed by atoms with Crippen molar-refractivity contribution in [3.05, 3.63) is 130 Å². The number of aryl methyl sites for hydroxylation is 1. The molecule has 0 unspecified atom stereocenters. The molecule has 0 bridgehead atoms. The molecule has 0 amide bonds. The maximum Gasteiger partial charge on any atom is 0.185 e. The summed E-state index contributed by atoms with van der Waals surface area (Å²) in [5, 5.41) is 0. The number of ether oxygens (including phenoxy) is 2. The number of methoxy groups -OCH3 is 2. The fourth-order valence-corrected chi connectivity index (χ4v) is 7.27. The summed E-state index contributed by atoms with van der Waals surface area (Å²) >= 11 is 0. The highest BCUT2D eigenvalue weighted by Gasteiger charge is 2.72. The largest absolute Gasteiger partial charge is 0.497 e. The molecule has 7 rings (SSSR count). The van der Waals surface area contributed by atoms with E-state index in [0.717, 1.165) is 16.8 Å². The van der Waals surface area contributed by atoms with Crippen LogP contribution in [0.2, 0.25) is 0 Å². The highest BCUT2D eigenvalue weighted by Crippen LogP contribution is 2.62. The summed E-state index contributed by atoms with van der Waals surface area (Å²) < 4.78 is 11.5. The minimum atomic E-state index is -1.61. The first-order valence-corrected chi connectivity index (χ1v) is 14.0. The Hall–Kier alpha value is -4.97. The number of carbonyl (C=O) groups is 3. The van der Waals surface area contributed by atoms with Crippen LogP contribution in [0.1, 0.15) is 53.7 Å². The van der Waals surface area contributed by atoms with Crippen LogP contribution in [-0.2, 0) is 0 Å². The van der Waals surface area contributed by atoms with Crippen LogP contribution in [0.25, 0.3) is 6.08 Å². The minimum absolute atomic E-state index is 0.174. The van der Waals surface area contributed by atoms with Crippen LogP contribution in [0.15, 0.2) is 97.1 Å². The van der Waals surface area contributed by atoms with E-state index >= 15 is 0 Å². The molecular weight excluding hydrogens is 526 g/mol. The van der Waals surface area contributed by atoms with Gasteiger partial charge in [-0.2, -0.15) is 0 Å². The second kappa shape index (κ2) is 9.55. The lowest BCUT2D eigenvalue weighted by molar-refractivity contribution is 0.0664. The molecule has 6 heteroatoms. The second-order valence-electron chi connectivity index (χ2n) is 11.1. The average Bonchev–Trinajstić information content (AvgIpc) is 3.46. The standard InChI is InChI=1S/C36H29NO5/c1-21-13-14-22-15-18-30-36(34(39)25-11-7-8-12-26(25)35(36)40)31(27-20-24(41-2)16-17-29(27)42-3)32(37(30)28(22)19-21)33(38)23-9-5-4-6-10-23/h4-20,30-32H,1-3H3/t30-,31+,32-/m0/s1. The lowest BCUT2D eigenvalue weighted by Crippen LogP contribution is -2.48. The first-order chi connectivity index (χ1) is 20.4. The van der Waals surface area contributed by atoms with Gasteiger partial charge in [-0.1, -0.05) is 78.9 Å². The molecule has 4 aromatic carbocycles. The Morgan fingerprint density at radius 2 is 1.50 bits per heavy atom. The van der Waals surface area contributed by atoms with Gasteiger partial charge in [0.1, 0.15) is 23.0 Å². The molecule has 1 spiro atoms. The highest BCUT2D eigenvalue weighted by molar-refractivity contribution is 6.32. The van der Waals surface area contributed by atoms with Crippen LogP contribution in [0.4, 0.5) is 5.69 Å². The molecule has 1 saturated heterocycles. The van der Waals surface area contributed by atoms with Gasteiger partial charge in [0.15, 0.2) is 17.3 Å². The van der Waals surface area contributed by atoms with E-state index < -0.39 is 23.4 Å². The van der Waals surface area contributed by atoms with Gasteiger partial charge in [0, 0.05) is 33.9 Å². The SMILES string of the molecule is COc1ccc(OC)c([C@@H]2[C@@H](C(=O)c3ccccc3)N3c4cc(C)ccc4C=C[C@H]3C23C(=O)c2ccccc2C3=O)c1. The average molecular weight is 556 g/mol. The van der Waals surface area contributed by atoms with Crippen molar-refractivity contribution >= 4 is 29.1 Å². The third kappa shape index (κ3) is 3.41. The first-order valence-electron chi connectivity index (χ1n) is 14.0. The van der Waals surface area contributed by atoms with Crippen molar-refractivity contribution in [3.63, 3.8) is 0 Å². The molecule has 1 aliphatic carbocycles. The van der Waals surface area contributed by atoms with Gasteiger partial charge >= 0.3 is 0 Å². The molecule has 4 aromatic rings. The molecular formula is C36H29NO5. The van der Waals surface area contributed by atoms with Crippen LogP contribution in [0, 0.1) is 12.3 Å². The summed E-state index contributed by atoms with van der Waals surface area (Å²) in [5.74, 6) is -0.598. The van der Waals surface area contributed by atoms with Crippen molar-refractivity contribution in [3.8, 4) is 11.5 Å². The van der Waals surface area contributed by atoms with E-state index in [1.165, 1.54) is 0 Å². The zero-order valence-electron chi connectivity index (χ0n) is 23.5. The Labute approximate surface area is 244 Å². The summed E-state index contributed by atoms with van der Waals surface area (Å²) in [6.07, 6.45) is 3.90. The minimum Gasteiger partial charge on any atom is -0.497 e. The third-order valence-corrected chi connectivity index (χ3v) is 9.06. The number of hydrogen-bond donors (Lipinski definition) is 0. The summed E-state index contributed by atoms with van der Waals surface area (Å²) in [6, 6.07) is 25.9. The number of ketones is 3. The molecule has 3 atom stereocenters. The van der Waals surface area contributed by atoms with E-state index in [4.69, 9.17) is 9.47 Å². The maximum absolute atomic E-state index is 14.8. The highest BCUT2D eigenvalue weighted by atomic mass is 16.5. The van der Waals surface area contributed by atoms with E-state index in [0.29, 0.717) is 33.8 Å². The van der Waals surface area contributed by atoms with Gasteiger partial charge in [0.2, 0.25) is 0 Å².